The van der Waals surface area contributed by atoms with E-state index < -0.39 is 60.4 Å². The predicted molar refractivity (Wildman–Crippen MR) is 149 cm³/mol. The third-order valence-electron chi connectivity index (χ3n) is 5.96. The number of benzene rings is 1. The van der Waals surface area contributed by atoms with Gasteiger partial charge in [0.1, 0.15) is 30.5 Å². The molecule has 14 heteroatoms. The summed E-state index contributed by atoms with van der Waals surface area (Å²) >= 11 is 0. The molecule has 4 amide bonds. The fourth-order valence-electron chi connectivity index (χ4n) is 3.48. The summed E-state index contributed by atoms with van der Waals surface area (Å²) < 4.78 is 0. The van der Waals surface area contributed by atoms with Gasteiger partial charge in [0.05, 0.1) is 12.6 Å². The molecule has 0 spiro atoms. The zero-order chi connectivity index (χ0) is 30.2. The van der Waals surface area contributed by atoms with Crippen molar-refractivity contribution in [2.45, 2.75) is 70.2 Å². The van der Waals surface area contributed by atoms with E-state index in [1.165, 1.54) is 6.92 Å². The van der Waals surface area contributed by atoms with Crippen LogP contribution in [0.4, 0.5) is 0 Å². The minimum Gasteiger partial charge on any atom is -0.394 e. The number of aldehydes is 1. The number of hydrogen-bond donors (Lipinski definition) is 8. The average molecular weight is 563 g/mol. The second-order valence-corrected chi connectivity index (χ2v) is 9.69. The Morgan fingerprint density at radius 3 is 2.05 bits per heavy atom. The first-order valence-corrected chi connectivity index (χ1v) is 13.0. The lowest BCUT2D eigenvalue weighted by molar-refractivity contribution is -0.134. The van der Waals surface area contributed by atoms with E-state index in [1.54, 1.807) is 44.2 Å². The van der Waals surface area contributed by atoms with Crippen LogP contribution in [0.15, 0.2) is 35.3 Å². The Bertz CT molecular complexity index is 1020. The Hall–Kier alpha value is -4.04. The van der Waals surface area contributed by atoms with Gasteiger partial charge in [-0.15, -0.1) is 0 Å². The molecule has 1 rings (SSSR count). The predicted octanol–water partition coefficient (Wildman–Crippen LogP) is -2.58. The number of carbonyl (C=O) groups excluding carboxylic acids is 5. The van der Waals surface area contributed by atoms with Crippen molar-refractivity contribution in [1.82, 2.24) is 21.3 Å². The fourth-order valence-corrected chi connectivity index (χ4v) is 3.48. The summed E-state index contributed by atoms with van der Waals surface area (Å²) in [6, 6.07) is 3.66. The summed E-state index contributed by atoms with van der Waals surface area (Å²) in [7, 11) is 0. The zero-order valence-electron chi connectivity index (χ0n) is 23.1. The molecule has 0 bridgehead atoms. The molecule has 0 radical (unpaired) electrons. The first kappa shape index (κ1) is 34.0. The van der Waals surface area contributed by atoms with Gasteiger partial charge in [-0.2, -0.15) is 0 Å². The number of amides is 4. The van der Waals surface area contributed by atoms with Crippen LogP contribution < -0.4 is 38.5 Å². The SMILES string of the molecule is CC(C)[C@H](N)C(=O)N[C@@H](C)C(=O)N[C@@H](Cc1ccccc1)C(=O)N[C@@H](CCCN=C(N)N)C(=O)N[C@H](C=O)CO. The number of aliphatic hydroxyl groups is 1. The molecule has 11 N–H and O–H groups in total. The second kappa shape index (κ2) is 17.5. The van der Waals surface area contributed by atoms with Crippen LogP contribution in [0.25, 0.3) is 0 Å². The molecule has 222 valence electrons. The number of nitrogens with zero attached hydrogens (tertiary/aromatic N) is 1. The van der Waals surface area contributed by atoms with Crippen LogP contribution in [0.5, 0.6) is 0 Å². The van der Waals surface area contributed by atoms with Crippen molar-refractivity contribution in [3.8, 4) is 0 Å². The topological polar surface area (TPSA) is 244 Å². The number of carbonyl (C=O) groups is 5. The van der Waals surface area contributed by atoms with Gasteiger partial charge in [-0.25, -0.2) is 0 Å². The molecular weight excluding hydrogens is 520 g/mol. The fraction of sp³-hybridized carbons (Fsp3) is 0.538. The Balaban J connectivity index is 3.11. The Kier molecular flexibility index (Phi) is 14.9. The quantitative estimate of drug-likeness (QED) is 0.0429. The lowest BCUT2D eigenvalue weighted by atomic mass is 10.0. The van der Waals surface area contributed by atoms with Gasteiger partial charge in [-0.1, -0.05) is 44.2 Å². The van der Waals surface area contributed by atoms with Crippen molar-refractivity contribution in [2.24, 2.45) is 28.1 Å². The molecule has 0 aliphatic rings. The summed E-state index contributed by atoms with van der Waals surface area (Å²) in [5, 5.41) is 19.4. The van der Waals surface area contributed by atoms with Crippen LogP contribution in [0, 0.1) is 5.92 Å². The molecule has 0 saturated heterocycles. The first-order valence-electron chi connectivity index (χ1n) is 13.0. The van der Waals surface area contributed by atoms with Gasteiger partial charge in [0.25, 0.3) is 0 Å². The smallest absolute Gasteiger partial charge is 0.243 e. The van der Waals surface area contributed by atoms with E-state index in [1.807, 2.05) is 0 Å². The molecule has 5 atom stereocenters. The molecule has 0 heterocycles. The summed E-state index contributed by atoms with van der Waals surface area (Å²) in [5.41, 5.74) is 17.3. The van der Waals surface area contributed by atoms with Crippen LogP contribution in [0.3, 0.4) is 0 Å². The monoisotopic (exact) mass is 562 g/mol. The van der Waals surface area contributed by atoms with Crippen molar-refractivity contribution in [3.63, 3.8) is 0 Å². The molecule has 0 fully saturated rings. The highest BCUT2D eigenvalue weighted by molar-refractivity contribution is 5.95. The van der Waals surface area contributed by atoms with Crippen molar-refractivity contribution in [3.05, 3.63) is 35.9 Å². The number of aliphatic imine (C=N–C) groups is 1. The highest BCUT2D eigenvalue weighted by Crippen LogP contribution is 2.07. The lowest BCUT2D eigenvalue weighted by Gasteiger charge is -2.25. The van der Waals surface area contributed by atoms with Gasteiger partial charge in [0.2, 0.25) is 23.6 Å². The Labute approximate surface area is 233 Å². The van der Waals surface area contributed by atoms with Gasteiger partial charge in [0, 0.05) is 13.0 Å². The normalized spacial score (nSPS) is 14.6. The van der Waals surface area contributed by atoms with Gasteiger partial charge >= 0.3 is 0 Å². The number of guanidine groups is 1. The molecule has 0 aliphatic carbocycles. The van der Waals surface area contributed by atoms with E-state index in [-0.39, 0.29) is 31.3 Å². The number of hydrogen-bond acceptors (Lipinski definition) is 8. The third kappa shape index (κ3) is 12.2. The van der Waals surface area contributed by atoms with Gasteiger partial charge in [0.15, 0.2) is 5.96 Å². The second-order valence-electron chi connectivity index (χ2n) is 9.69. The Morgan fingerprint density at radius 2 is 1.50 bits per heavy atom. The number of nitrogens with two attached hydrogens (primary N) is 3. The third-order valence-corrected chi connectivity index (χ3v) is 5.96. The maximum atomic E-state index is 13.4. The molecule has 0 unspecified atom stereocenters. The minimum atomic E-state index is -1.16. The maximum absolute atomic E-state index is 13.4. The lowest BCUT2D eigenvalue weighted by Crippen LogP contribution is -2.58. The van der Waals surface area contributed by atoms with Gasteiger partial charge in [-0.05, 0) is 31.2 Å². The molecule has 40 heavy (non-hydrogen) atoms. The summed E-state index contributed by atoms with van der Waals surface area (Å²) in [6.07, 6.45) is 0.850. The van der Waals surface area contributed by atoms with Crippen molar-refractivity contribution in [2.75, 3.05) is 13.2 Å². The Morgan fingerprint density at radius 1 is 0.900 bits per heavy atom. The largest absolute Gasteiger partial charge is 0.394 e. The van der Waals surface area contributed by atoms with Crippen LogP contribution in [0.1, 0.15) is 39.2 Å². The first-order chi connectivity index (χ1) is 18.9. The molecule has 0 aromatic heterocycles. The van der Waals surface area contributed by atoms with E-state index in [2.05, 4.69) is 26.3 Å². The van der Waals surface area contributed by atoms with Crippen molar-refractivity contribution < 1.29 is 29.1 Å². The molecular formula is C26H42N8O6. The van der Waals surface area contributed by atoms with E-state index in [4.69, 9.17) is 17.2 Å². The number of aliphatic hydroxyl groups excluding tert-OH is 1. The summed E-state index contributed by atoms with van der Waals surface area (Å²) in [4.78, 5) is 66.5. The van der Waals surface area contributed by atoms with E-state index in [0.29, 0.717) is 12.7 Å². The highest BCUT2D eigenvalue weighted by Gasteiger charge is 2.30. The van der Waals surface area contributed by atoms with Gasteiger partial charge in [-0.3, -0.25) is 24.2 Å². The van der Waals surface area contributed by atoms with E-state index in [0.717, 1.165) is 5.56 Å². The van der Waals surface area contributed by atoms with Crippen LogP contribution in [-0.4, -0.2) is 84.3 Å². The maximum Gasteiger partial charge on any atom is 0.243 e. The van der Waals surface area contributed by atoms with Crippen LogP contribution in [-0.2, 0) is 30.4 Å². The van der Waals surface area contributed by atoms with Gasteiger partial charge < -0.3 is 48.4 Å². The molecule has 0 aliphatic heterocycles. The molecule has 14 nitrogen and oxygen atoms in total. The summed E-state index contributed by atoms with van der Waals surface area (Å²) in [5.74, 6) is -2.80. The number of rotatable bonds is 17. The average Bonchev–Trinajstić information content (AvgIpc) is 2.92. The minimum absolute atomic E-state index is 0.0839. The van der Waals surface area contributed by atoms with E-state index in [9.17, 15) is 29.1 Å². The van der Waals surface area contributed by atoms with Crippen molar-refractivity contribution in [1.29, 1.82) is 0 Å². The standard InChI is InChI=1S/C26H42N8O6/c1-15(2)21(27)25(40)31-16(3)22(37)34-20(12-17-8-5-4-6-9-17)24(39)33-19(10-7-11-30-26(28)29)23(38)32-18(13-35)14-36/h4-6,8-9,13,15-16,18-21,36H,7,10-12,14,27H2,1-3H3,(H,31,40)(H,32,38)(H,33,39)(H,34,37)(H4,28,29,30)/t16-,18+,19-,20-,21-/m0/s1. The van der Waals surface area contributed by atoms with Crippen molar-refractivity contribution >= 4 is 35.9 Å². The van der Waals surface area contributed by atoms with Crippen LogP contribution in [0.2, 0.25) is 0 Å². The zero-order valence-corrected chi connectivity index (χ0v) is 23.1. The number of nitrogens with one attached hydrogen (secondary N) is 4. The highest BCUT2D eigenvalue weighted by atomic mass is 16.3. The van der Waals surface area contributed by atoms with Crippen LogP contribution >= 0.6 is 0 Å². The summed E-state index contributed by atoms with van der Waals surface area (Å²) in [6.45, 7) is 4.57. The molecule has 1 aromatic carbocycles. The van der Waals surface area contributed by atoms with E-state index >= 15 is 0 Å². The molecule has 0 saturated carbocycles. The molecule has 1 aromatic rings.